The lowest BCUT2D eigenvalue weighted by Crippen LogP contribution is -2.35. The second-order valence-electron chi connectivity index (χ2n) is 3.56. The van der Waals surface area contributed by atoms with Crippen LogP contribution in [-0.2, 0) is 5.92 Å². The van der Waals surface area contributed by atoms with Crippen molar-refractivity contribution in [2.24, 2.45) is 5.73 Å². The SMILES string of the molecule is CC(N)C(F)(F)c1coc2ccccc12. The summed E-state index contributed by atoms with van der Waals surface area (Å²) in [4.78, 5) is 0. The number of alkyl halides is 2. The van der Waals surface area contributed by atoms with Crippen molar-refractivity contribution in [1.29, 1.82) is 0 Å². The maximum atomic E-state index is 13.7. The van der Waals surface area contributed by atoms with E-state index in [0.717, 1.165) is 6.26 Å². The zero-order valence-corrected chi connectivity index (χ0v) is 8.21. The number of furan rings is 1. The number of para-hydroxylation sites is 1. The molecular weight excluding hydrogens is 200 g/mol. The molecule has 1 unspecified atom stereocenters. The first-order valence-electron chi connectivity index (χ1n) is 4.63. The molecule has 1 aromatic heterocycles. The topological polar surface area (TPSA) is 39.2 Å². The highest BCUT2D eigenvalue weighted by atomic mass is 19.3. The van der Waals surface area contributed by atoms with Gasteiger partial charge in [0.1, 0.15) is 11.8 Å². The quantitative estimate of drug-likeness (QED) is 0.829. The monoisotopic (exact) mass is 211 g/mol. The van der Waals surface area contributed by atoms with Crippen LogP contribution in [0.5, 0.6) is 0 Å². The third-order valence-electron chi connectivity index (χ3n) is 2.41. The van der Waals surface area contributed by atoms with E-state index in [1.54, 1.807) is 24.3 Å². The van der Waals surface area contributed by atoms with E-state index in [1.807, 2.05) is 0 Å². The highest BCUT2D eigenvalue weighted by Crippen LogP contribution is 2.36. The predicted molar refractivity (Wildman–Crippen MR) is 53.8 cm³/mol. The number of halogens is 2. The average Bonchev–Trinajstić information content (AvgIpc) is 2.61. The van der Waals surface area contributed by atoms with Gasteiger partial charge in [-0.3, -0.25) is 0 Å². The molecule has 0 bridgehead atoms. The summed E-state index contributed by atoms with van der Waals surface area (Å²) in [5.74, 6) is -3.06. The lowest BCUT2D eigenvalue weighted by Gasteiger charge is -2.18. The Morgan fingerprint density at radius 2 is 2.00 bits per heavy atom. The van der Waals surface area contributed by atoms with E-state index in [-0.39, 0.29) is 5.56 Å². The molecule has 0 aliphatic rings. The van der Waals surface area contributed by atoms with Crippen molar-refractivity contribution in [1.82, 2.24) is 0 Å². The van der Waals surface area contributed by atoms with Gasteiger partial charge in [-0.05, 0) is 13.0 Å². The van der Waals surface area contributed by atoms with Crippen LogP contribution < -0.4 is 5.73 Å². The van der Waals surface area contributed by atoms with Crippen molar-refractivity contribution in [3.05, 3.63) is 36.1 Å². The third kappa shape index (κ3) is 1.51. The standard InChI is InChI=1S/C11H11F2NO/c1-7(14)11(12,13)9-6-15-10-5-3-2-4-8(9)10/h2-7H,14H2,1H3. The molecule has 0 saturated heterocycles. The van der Waals surface area contributed by atoms with Crippen LogP contribution in [0.4, 0.5) is 8.78 Å². The maximum absolute atomic E-state index is 13.7. The van der Waals surface area contributed by atoms with Crippen molar-refractivity contribution >= 4 is 11.0 Å². The molecule has 0 aliphatic carbocycles. The summed E-state index contributed by atoms with van der Waals surface area (Å²) < 4.78 is 32.4. The molecular formula is C11H11F2NO. The summed E-state index contributed by atoms with van der Waals surface area (Å²) in [6.07, 6.45) is 1.08. The lowest BCUT2D eigenvalue weighted by atomic mass is 10.0. The molecule has 2 rings (SSSR count). The second-order valence-corrected chi connectivity index (χ2v) is 3.56. The van der Waals surface area contributed by atoms with Crippen LogP contribution in [0.2, 0.25) is 0 Å². The van der Waals surface area contributed by atoms with Crippen LogP contribution in [0.15, 0.2) is 34.9 Å². The van der Waals surface area contributed by atoms with E-state index in [2.05, 4.69) is 0 Å². The first kappa shape index (κ1) is 10.1. The van der Waals surface area contributed by atoms with E-state index in [9.17, 15) is 8.78 Å². The highest BCUT2D eigenvalue weighted by molar-refractivity contribution is 5.81. The fourth-order valence-electron chi connectivity index (χ4n) is 1.48. The fourth-order valence-corrected chi connectivity index (χ4v) is 1.48. The molecule has 1 aromatic carbocycles. The summed E-state index contributed by atoms with van der Waals surface area (Å²) in [7, 11) is 0. The molecule has 0 aliphatic heterocycles. The number of rotatable bonds is 2. The number of nitrogens with two attached hydrogens (primary N) is 1. The fraction of sp³-hybridized carbons (Fsp3) is 0.273. The first-order chi connectivity index (χ1) is 7.03. The Kier molecular flexibility index (Phi) is 2.23. The van der Waals surface area contributed by atoms with Crippen LogP contribution in [-0.4, -0.2) is 6.04 Å². The summed E-state index contributed by atoms with van der Waals surface area (Å²) >= 11 is 0. The zero-order valence-electron chi connectivity index (χ0n) is 8.21. The number of fused-ring (bicyclic) bond motifs is 1. The van der Waals surface area contributed by atoms with Gasteiger partial charge in [0, 0.05) is 5.39 Å². The molecule has 0 amide bonds. The molecule has 15 heavy (non-hydrogen) atoms. The summed E-state index contributed by atoms with van der Waals surface area (Å²) in [5, 5.41) is 0.416. The van der Waals surface area contributed by atoms with Gasteiger partial charge in [-0.1, -0.05) is 18.2 Å². The van der Waals surface area contributed by atoms with Gasteiger partial charge >= 0.3 is 0 Å². The lowest BCUT2D eigenvalue weighted by molar-refractivity contribution is -0.0248. The van der Waals surface area contributed by atoms with Crippen LogP contribution >= 0.6 is 0 Å². The Balaban J connectivity index is 2.62. The Bertz CT molecular complexity index is 476. The van der Waals surface area contributed by atoms with E-state index in [0.29, 0.717) is 11.0 Å². The Morgan fingerprint density at radius 1 is 1.33 bits per heavy atom. The minimum Gasteiger partial charge on any atom is -0.464 e. The molecule has 0 saturated carbocycles. The normalized spacial score (nSPS) is 14.4. The molecule has 4 heteroatoms. The molecule has 0 fully saturated rings. The van der Waals surface area contributed by atoms with Gasteiger partial charge in [-0.15, -0.1) is 0 Å². The van der Waals surface area contributed by atoms with Crippen LogP contribution in [0, 0.1) is 0 Å². The van der Waals surface area contributed by atoms with Crippen molar-refractivity contribution in [3.8, 4) is 0 Å². The van der Waals surface area contributed by atoms with Crippen LogP contribution in [0.25, 0.3) is 11.0 Å². The van der Waals surface area contributed by atoms with Gasteiger partial charge in [0.05, 0.1) is 11.6 Å². The second kappa shape index (κ2) is 3.31. The van der Waals surface area contributed by atoms with Gasteiger partial charge in [0.25, 0.3) is 5.92 Å². The largest absolute Gasteiger partial charge is 0.464 e. The van der Waals surface area contributed by atoms with E-state index < -0.39 is 12.0 Å². The van der Waals surface area contributed by atoms with Crippen LogP contribution in [0.3, 0.4) is 0 Å². The molecule has 1 atom stereocenters. The molecule has 0 spiro atoms. The van der Waals surface area contributed by atoms with E-state index in [4.69, 9.17) is 10.2 Å². The predicted octanol–water partition coefficient (Wildman–Crippen LogP) is 2.87. The molecule has 2 N–H and O–H groups in total. The first-order valence-corrected chi connectivity index (χ1v) is 4.63. The molecule has 2 aromatic rings. The summed E-state index contributed by atoms with van der Waals surface area (Å²) in [5.41, 5.74) is 5.57. The third-order valence-corrected chi connectivity index (χ3v) is 2.41. The van der Waals surface area contributed by atoms with Gasteiger partial charge in [0.15, 0.2) is 0 Å². The van der Waals surface area contributed by atoms with E-state index >= 15 is 0 Å². The smallest absolute Gasteiger partial charge is 0.291 e. The Labute approximate surface area is 85.7 Å². The Morgan fingerprint density at radius 3 is 2.67 bits per heavy atom. The molecule has 0 radical (unpaired) electrons. The van der Waals surface area contributed by atoms with Crippen LogP contribution in [0.1, 0.15) is 12.5 Å². The minimum absolute atomic E-state index is 0.145. The summed E-state index contributed by atoms with van der Waals surface area (Å²) in [6, 6.07) is 5.44. The minimum atomic E-state index is -3.06. The summed E-state index contributed by atoms with van der Waals surface area (Å²) in [6.45, 7) is 1.28. The number of hydrogen-bond donors (Lipinski definition) is 1. The Hall–Kier alpha value is -1.42. The van der Waals surface area contributed by atoms with Gasteiger partial charge in [0.2, 0.25) is 0 Å². The van der Waals surface area contributed by atoms with Crippen molar-refractivity contribution < 1.29 is 13.2 Å². The number of hydrogen-bond acceptors (Lipinski definition) is 2. The van der Waals surface area contributed by atoms with Crippen molar-refractivity contribution in [2.75, 3.05) is 0 Å². The number of benzene rings is 1. The van der Waals surface area contributed by atoms with Gasteiger partial charge in [-0.25, -0.2) is 0 Å². The zero-order chi connectivity index (χ0) is 11.1. The molecule has 2 nitrogen and oxygen atoms in total. The highest BCUT2D eigenvalue weighted by Gasteiger charge is 2.39. The van der Waals surface area contributed by atoms with Crippen molar-refractivity contribution in [3.63, 3.8) is 0 Å². The van der Waals surface area contributed by atoms with E-state index in [1.165, 1.54) is 6.92 Å². The molecule has 80 valence electrons. The maximum Gasteiger partial charge on any atom is 0.291 e. The average molecular weight is 211 g/mol. The van der Waals surface area contributed by atoms with Gasteiger partial charge < -0.3 is 10.2 Å². The van der Waals surface area contributed by atoms with Gasteiger partial charge in [-0.2, -0.15) is 8.78 Å². The van der Waals surface area contributed by atoms with Crippen molar-refractivity contribution in [2.45, 2.75) is 18.9 Å². The molecule has 1 heterocycles.